The molecule has 1 unspecified atom stereocenters. The van der Waals surface area contributed by atoms with Crippen molar-refractivity contribution in [3.8, 4) is 0 Å². The molecule has 2 amide bonds. The normalized spacial score (nSPS) is 22.4. The van der Waals surface area contributed by atoms with Crippen LogP contribution in [0.1, 0.15) is 74.3 Å². The van der Waals surface area contributed by atoms with Gasteiger partial charge in [-0.2, -0.15) is 4.90 Å². The summed E-state index contributed by atoms with van der Waals surface area (Å²) < 4.78 is 52.2. The number of nitrogens with zero attached hydrogens (tertiary/aromatic N) is 3. The van der Waals surface area contributed by atoms with Crippen molar-refractivity contribution >= 4 is 33.5 Å². The number of rotatable bonds is 4. The minimum atomic E-state index is -4.50. The third kappa shape index (κ3) is 6.38. The van der Waals surface area contributed by atoms with Gasteiger partial charge >= 0.3 is 12.2 Å². The average Bonchev–Trinajstić information content (AvgIpc) is 2.73. The summed E-state index contributed by atoms with van der Waals surface area (Å²) in [5.74, 6) is -1.64. The van der Waals surface area contributed by atoms with Crippen LogP contribution >= 0.6 is 0 Å². The Bertz CT molecular complexity index is 1270. The number of nitro groups is 1. The standard InChI is InChI=1S/C25H36FN3O9S/c1-22(2,3)37-20(31)28(21(32)38-23(4,5)6)19-24(7,8)39(35,36)18(12-13-30)25(9,27-19)16-14-15(29(33)34)10-11-17(16)26/h10-11,14,18,30H,12-13H2,1-9H3/t18?,25-/m1/s1. The van der Waals surface area contributed by atoms with Gasteiger partial charge in [0, 0.05) is 24.3 Å². The Morgan fingerprint density at radius 3 is 2.00 bits per heavy atom. The van der Waals surface area contributed by atoms with Gasteiger partial charge in [-0.05, 0) is 74.8 Å². The van der Waals surface area contributed by atoms with Gasteiger partial charge in [0.2, 0.25) is 0 Å². The maximum absolute atomic E-state index is 15.3. The number of aliphatic hydroxyl groups is 1. The second-order valence-electron chi connectivity index (χ2n) is 11.9. The first-order valence-electron chi connectivity index (χ1n) is 12.1. The molecule has 1 aliphatic rings. The van der Waals surface area contributed by atoms with E-state index >= 15 is 4.39 Å². The summed E-state index contributed by atoms with van der Waals surface area (Å²) in [6, 6.07) is 2.55. The predicted octanol–water partition coefficient (Wildman–Crippen LogP) is 4.48. The fraction of sp³-hybridized carbons (Fsp3) is 0.640. The number of halogens is 1. The quantitative estimate of drug-likeness (QED) is 0.404. The fourth-order valence-corrected chi connectivity index (χ4v) is 6.50. The average molecular weight is 574 g/mol. The van der Waals surface area contributed by atoms with Crippen molar-refractivity contribution < 1.29 is 41.9 Å². The van der Waals surface area contributed by atoms with E-state index in [9.17, 15) is 33.2 Å². The van der Waals surface area contributed by atoms with Crippen LogP contribution in [0.5, 0.6) is 0 Å². The number of sulfone groups is 1. The highest BCUT2D eigenvalue weighted by atomic mass is 32.2. The SMILES string of the molecule is CC(C)(C)OC(=O)N(C(=O)OC(C)(C)C)C1=N[C@](C)(c2cc([N+](=O)[O-])ccc2F)C(CCO)S(=O)(=O)C1(C)C. The smallest absolute Gasteiger partial charge is 0.425 e. The first-order chi connectivity index (χ1) is 17.5. The maximum Gasteiger partial charge on any atom is 0.425 e. The molecule has 2 rings (SSSR count). The molecular formula is C25H36FN3O9S. The van der Waals surface area contributed by atoms with Gasteiger partial charge in [-0.3, -0.25) is 15.1 Å². The summed E-state index contributed by atoms with van der Waals surface area (Å²) in [6.07, 6.45) is -3.00. The number of hydrogen-bond acceptors (Lipinski definition) is 10. The summed E-state index contributed by atoms with van der Waals surface area (Å²) >= 11 is 0. The van der Waals surface area contributed by atoms with Gasteiger partial charge in [0.25, 0.3) is 5.69 Å². The van der Waals surface area contributed by atoms with E-state index in [0.717, 1.165) is 18.2 Å². The Hall–Kier alpha value is -3.13. The molecular weight excluding hydrogens is 537 g/mol. The van der Waals surface area contributed by atoms with Crippen molar-refractivity contribution in [1.82, 2.24) is 4.90 Å². The van der Waals surface area contributed by atoms with Gasteiger partial charge in [-0.1, -0.05) is 0 Å². The van der Waals surface area contributed by atoms with Gasteiger partial charge in [0.05, 0.1) is 10.2 Å². The first kappa shape index (κ1) is 32.1. The number of carbonyl (C=O) groups is 2. The number of aliphatic imine (C=N–C) groups is 1. The molecule has 2 atom stereocenters. The van der Waals surface area contributed by atoms with Crippen LogP contribution in [0.2, 0.25) is 0 Å². The largest absolute Gasteiger partial charge is 0.443 e. The van der Waals surface area contributed by atoms with Crippen LogP contribution in [-0.4, -0.2) is 69.2 Å². The van der Waals surface area contributed by atoms with Gasteiger partial charge in [0.15, 0.2) is 9.84 Å². The molecule has 14 heteroatoms. The number of carbonyl (C=O) groups excluding carboxylic acids is 2. The van der Waals surface area contributed by atoms with E-state index in [0.29, 0.717) is 4.90 Å². The predicted molar refractivity (Wildman–Crippen MR) is 141 cm³/mol. The van der Waals surface area contributed by atoms with Crippen LogP contribution < -0.4 is 0 Å². The number of aliphatic hydroxyl groups excluding tert-OH is 1. The van der Waals surface area contributed by atoms with E-state index in [1.807, 2.05) is 0 Å². The lowest BCUT2D eigenvalue weighted by Crippen LogP contribution is -2.64. The minimum Gasteiger partial charge on any atom is -0.443 e. The molecule has 1 aromatic carbocycles. The Morgan fingerprint density at radius 2 is 1.59 bits per heavy atom. The second-order valence-corrected chi connectivity index (χ2v) is 14.5. The van der Waals surface area contributed by atoms with E-state index in [4.69, 9.17) is 9.47 Å². The highest BCUT2D eigenvalue weighted by Gasteiger charge is 2.60. The van der Waals surface area contributed by atoms with Crippen LogP contribution in [0, 0.1) is 15.9 Å². The number of hydrogen-bond donors (Lipinski definition) is 1. The third-order valence-corrected chi connectivity index (χ3v) is 9.10. The van der Waals surface area contributed by atoms with Crippen LogP contribution in [0.15, 0.2) is 23.2 Å². The topological polar surface area (TPSA) is 166 Å². The van der Waals surface area contributed by atoms with Crippen LogP contribution in [-0.2, 0) is 24.8 Å². The van der Waals surface area contributed by atoms with Crippen LogP contribution in [0.25, 0.3) is 0 Å². The van der Waals surface area contributed by atoms with Crippen molar-refractivity contribution in [2.45, 2.75) is 95.5 Å². The van der Waals surface area contributed by atoms with Gasteiger partial charge in [-0.15, -0.1) is 0 Å². The van der Waals surface area contributed by atoms with E-state index in [1.165, 1.54) is 62.3 Å². The van der Waals surface area contributed by atoms with Gasteiger partial charge in [-0.25, -0.2) is 22.4 Å². The molecule has 0 bridgehead atoms. The Balaban J connectivity index is 3.03. The number of nitro benzene ring substituents is 1. The molecule has 1 N–H and O–H groups in total. The first-order valence-corrected chi connectivity index (χ1v) is 13.7. The summed E-state index contributed by atoms with van der Waals surface area (Å²) in [5.41, 5.74) is -5.37. The van der Waals surface area contributed by atoms with Crippen molar-refractivity contribution in [1.29, 1.82) is 0 Å². The molecule has 0 radical (unpaired) electrons. The molecule has 1 aliphatic heterocycles. The molecule has 0 fully saturated rings. The molecule has 0 saturated heterocycles. The third-order valence-electron chi connectivity index (χ3n) is 6.05. The molecule has 0 saturated carbocycles. The minimum absolute atomic E-state index is 0.358. The lowest BCUT2D eigenvalue weighted by atomic mass is 9.85. The zero-order valence-corrected chi connectivity index (χ0v) is 24.4. The summed E-state index contributed by atoms with van der Waals surface area (Å²) in [5, 5.41) is 19.6. The molecule has 218 valence electrons. The molecule has 39 heavy (non-hydrogen) atoms. The molecule has 0 aromatic heterocycles. The number of non-ortho nitro benzene ring substituents is 1. The molecule has 12 nitrogen and oxygen atoms in total. The van der Waals surface area contributed by atoms with Crippen molar-refractivity contribution in [2.75, 3.05) is 6.61 Å². The van der Waals surface area contributed by atoms with Gasteiger partial charge in [0.1, 0.15) is 33.1 Å². The van der Waals surface area contributed by atoms with Crippen LogP contribution in [0.4, 0.5) is 19.7 Å². The molecule has 1 aromatic rings. The zero-order chi connectivity index (χ0) is 30.4. The number of amides is 2. The monoisotopic (exact) mass is 573 g/mol. The van der Waals surface area contributed by atoms with Crippen LogP contribution in [0.3, 0.4) is 0 Å². The number of benzene rings is 1. The molecule has 0 aliphatic carbocycles. The summed E-state index contributed by atoms with van der Waals surface area (Å²) in [7, 11) is -4.50. The van der Waals surface area contributed by atoms with Crippen molar-refractivity contribution in [2.24, 2.45) is 4.99 Å². The molecule has 0 spiro atoms. The lowest BCUT2D eigenvalue weighted by molar-refractivity contribution is -0.385. The van der Waals surface area contributed by atoms with E-state index in [-0.39, 0.29) is 0 Å². The van der Waals surface area contributed by atoms with Crippen molar-refractivity contribution in [3.63, 3.8) is 0 Å². The molecule has 1 heterocycles. The number of ether oxygens (including phenoxy) is 2. The summed E-state index contributed by atoms with van der Waals surface area (Å²) in [4.78, 5) is 42.3. The Morgan fingerprint density at radius 1 is 1.10 bits per heavy atom. The highest BCUT2D eigenvalue weighted by Crippen LogP contribution is 2.46. The Labute approximate surface area is 227 Å². The highest BCUT2D eigenvalue weighted by molar-refractivity contribution is 7.94. The van der Waals surface area contributed by atoms with Gasteiger partial charge < -0.3 is 14.6 Å². The van der Waals surface area contributed by atoms with E-state index < -0.39 is 89.6 Å². The zero-order valence-electron chi connectivity index (χ0n) is 23.6. The number of amidine groups is 1. The van der Waals surface area contributed by atoms with E-state index in [2.05, 4.69) is 4.99 Å². The van der Waals surface area contributed by atoms with E-state index in [1.54, 1.807) is 0 Å². The lowest BCUT2D eigenvalue weighted by Gasteiger charge is -2.46. The summed E-state index contributed by atoms with van der Waals surface area (Å²) in [6.45, 7) is 12.2. The fourth-order valence-electron chi connectivity index (χ4n) is 4.20. The van der Waals surface area contributed by atoms with Crippen molar-refractivity contribution in [3.05, 3.63) is 39.7 Å². The number of imide groups is 1. The Kier molecular flexibility index (Phi) is 8.60. The maximum atomic E-state index is 15.3. The second kappa shape index (κ2) is 10.5.